The molecular formula is C32H66. The fourth-order valence-corrected chi connectivity index (χ4v) is 5.43. The Morgan fingerprint density at radius 2 is 0.469 bits per heavy atom. The smallest absolute Gasteiger partial charge is 0.0326 e. The standard InChI is InChI=1S/C32H66/c1-5-8-11-14-17-19-20-22-25-28-31-32(4,29-26-23-16-13-10-7-3)30-27-24-21-18-15-12-9-6-2/h5-31H2,1-4H3. The monoisotopic (exact) mass is 451 g/mol. The van der Waals surface area contributed by atoms with E-state index in [2.05, 4.69) is 27.7 Å². The van der Waals surface area contributed by atoms with Crippen molar-refractivity contribution in [1.29, 1.82) is 0 Å². The van der Waals surface area contributed by atoms with E-state index >= 15 is 0 Å². The molecule has 0 aliphatic heterocycles. The van der Waals surface area contributed by atoms with Crippen molar-refractivity contribution in [3.8, 4) is 0 Å². The number of unbranched alkanes of at least 4 members (excludes halogenated alkanes) is 21. The summed E-state index contributed by atoms with van der Waals surface area (Å²) in [5, 5.41) is 0. The lowest BCUT2D eigenvalue weighted by atomic mass is 9.75. The van der Waals surface area contributed by atoms with Crippen LogP contribution in [-0.4, -0.2) is 0 Å². The van der Waals surface area contributed by atoms with Crippen LogP contribution < -0.4 is 0 Å². The summed E-state index contributed by atoms with van der Waals surface area (Å²) < 4.78 is 0. The predicted molar refractivity (Wildman–Crippen MR) is 150 cm³/mol. The van der Waals surface area contributed by atoms with Crippen LogP contribution >= 0.6 is 0 Å². The molecule has 0 saturated heterocycles. The van der Waals surface area contributed by atoms with Gasteiger partial charge in [0.1, 0.15) is 0 Å². The van der Waals surface area contributed by atoms with Crippen LogP contribution in [0.3, 0.4) is 0 Å². The minimum absolute atomic E-state index is 0.632. The second-order valence-corrected chi connectivity index (χ2v) is 11.5. The van der Waals surface area contributed by atoms with E-state index in [4.69, 9.17) is 0 Å². The SMILES string of the molecule is CCCCCCCCCCCCC(C)(CCCCCCCC)CCCCCCCCCC. The van der Waals surface area contributed by atoms with Gasteiger partial charge in [-0.1, -0.05) is 182 Å². The lowest BCUT2D eigenvalue weighted by Crippen LogP contribution is -2.16. The molecule has 0 amide bonds. The van der Waals surface area contributed by atoms with Crippen molar-refractivity contribution in [2.75, 3.05) is 0 Å². The Bertz CT molecular complexity index is 333. The van der Waals surface area contributed by atoms with E-state index in [1.807, 2.05) is 0 Å². The van der Waals surface area contributed by atoms with Gasteiger partial charge in [0.05, 0.1) is 0 Å². The summed E-state index contributed by atoms with van der Waals surface area (Å²) in [6.45, 7) is 9.61. The Morgan fingerprint density at radius 1 is 0.281 bits per heavy atom. The zero-order valence-corrected chi connectivity index (χ0v) is 23.6. The first-order chi connectivity index (χ1) is 15.7. The molecule has 1 atom stereocenters. The Kier molecular flexibility index (Phi) is 25.6. The molecule has 0 heteroatoms. The first kappa shape index (κ1) is 32.0. The predicted octanol–water partition coefficient (Wildman–Crippen LogP) is 12.6. The molecule has 0 heterocycles. The third-order valence-electron chi connectivity index (χ3n) is 7.90. The van der Waals surface area contributed by atoms with Crippen molar-refractivity contribution in [3.05, 3.63) is 0 Å². The number of rotatable bonds is 27. The van der Waals surface area contributed by atoms with Gasteiger partial charge >= 0.3 is 0 Å². The van der Waals surface area contributed by atoms with Crippen LogP contribution in [0.4, 0.5) is 0 Å². The molecule has 0 N–H and O–H groups in total. The first-order valence-corrected chi connectivity index (χ1v) is 15.7. The molecule has 0 aromatic heterocycles. The molecule has 0 aromatic carbocycles. The Balaban J connectivity index is 3.99. The lowest BCUT2D eigenvalue weighted by molar-refractivity contribution is 0.222. The molecule has 0 aliphatic rings. The van der Waals surface area contributed by atoms with E-state index in [-0.39, 0.29) is 0 Å². The molecular weight excluding hydrogens is 384 g/mol. The maximum atomic E-state index is 2.65. The van der Waals surface area contributed by atoms with E-state index in [1.54, 1.807) is 0 Å². The Morgan fingerprint density at radius 3 is 0.688 bits per heavy atom. The van der Waals surface area contributed by atoms with Crippen LogP contribution in [0.1, 0.15) is 201 Å². The molecule has 0 saturated carbocycles. The van der Waals surface area contributed by atoms with Gasteiger partial charge < -0.3 is 0 Å². The van der Waals surface area contributed by atoms with Crippen molar-refractivity contribution < 1.29 is 0 Å². The van der Waals surface area contributed by atoms with Crippen molar-refractivity contribution in [1.82, 2.24) is 0 Å². The average Bonchev–Trinajstić information content (AvgIpc) is 2.79. The van der Waals surface area contributed by atoms with Crippen molar-refractivity contribution in [3.63, 3.8) is 0 Å². The summed E-state index contributed by atoms with van der Waals surface area (Å²) in [7, 11) is 0. The third kappa shape index (κ3) is 23.2. The van der Waals surface area contributed by atoms with Crippen LogP contribution in [-0.2, 0) is 0 Å². The quantitative estimate of drug-likeness (QED) is 0.109. The van der Waals surface area contributed by atoms with Crippen molar-refractivity contribution >= 4 is 0 Å². The summed E-state index contributed by atoms with van der Waals surface area (Å²) in [5.41, 5.74) is 0.632. The molecule has 0 radical (unpaired) electrons. The van der Waals surface area contributed by atoms with Crippen LogP contribution in [0.25, 0.3) is 0 Å². The second kappa shape index (κ2) is 25.6. The zero-order valence-electron chi connectivity index (χ0n) is 23.6. The molecule has 0 bridgehead atoms. The fourth-order valence-electron chi connectivity index (χ4n) is 5.43. The number of hydrogen-bond acceptors (Lipinski definition) is 0. The number of hydrogen-bond donors (Lipinski definition) is 0. The molecule has 0 aliphatic carbocycles. The highest BCUT2D eigenvalue weighted by molar-refractivity contribution is 4.75. The summed E-state index contributed by atoms with van der Waals surface area (Å²) in [4.78, 5) is 0. The maximum absolute atomic E-state index is 2.65. The topological polar surface area (TPSA) is 0 Å². The van der Waals surface area contributed by atoms with Gasteiger partial charge in [-0.2, -0.15) is 0 Å². The van der Waals surface area contributed by atoms with E-state index in [0.29, 0.717) is 5.41 Å². The summed E-state index contributed by atoms with van der Waals surface area (Å²) in [6, 6.07) is 0. The highest BCUT2D eigenvalue weighted by Crippen LogP contribution is 2.37. The van der Waals surface area contributed by atoms with Gasteiger partial charge in [-0.05, 0) is 24.7 Å². The Labute approximate surface area is 206 Å². The third-order valence-corrected chi connectivity index (χ3v) is 7.90. The molecule has 0 nitrogen and oxygen atoms in total. The highest BCUT2D eigenvalue weighted by atomic mass is 14.3. The van der Waals surface area contributed by atoms with Crippen molar-refractivity contribution in [2.45, 2.75) is 201 Å². The molecule has 32 heavy (non-hydrogen) atoms. The average molecular weight is 451 g/mol. The van der Waals surface area contributed by atoms with Gasteiger partial charge in [-0.25, -0.2) is 0 Å². The highest BCUT2D eigenvalue weighted by Gasteiger charge is 2.22. The van der Waals surface area contributed by atoms with E-state index < -0.39 is 0 Å². The van der Waals surface area contributed by atoms with E-state index in [0.717, 1.165) is 0 Å². The summed E-state index contributed by atoms with van der Waals surface area (Å²) >= 11 is 0. The van der Waals surface area contributed by atoms with Crippen molar-refractivity contribution in [2.24, 2.45) is 5.41 Å². The molecule has 0 rings (SSSR count). The first-order valence-electron chi connectivity index (χ1n) is 15.7. The largest absolute Gasteiger partial charge is 0.0654 e. The van der Waals surface area contributed by atoms with E-state index in [9.17, 15) is 0 Å². The second-order valence-electron chi connectivity index (χ2n) is 11.5. The van der Waals surface area contributed by atoms with Gasteiger partial charge in [-0.15, -0.1) is 0 Å². The molecule has 1 unspecified atom stereocenters. The fraction of sp³-hybridized carbons (Fsp3) is 1.00. The van der Waals surface area contributed by atoms with E-state index in [1.165, 1.54) is 173 Å². The van der Waals surface area contributed by atoms with Gasteiger partial charge in [0.2, 0.25) is 0 Å². The molecule has 0 aromatic rings. The molecule has 0 spiro atoms. The zero-order chi connectivity index (χ0) is 23.6. The normalized spacial score (nSPS) is 13.5. The van der Waals surface area contributed by atoms with Crippen LogP contribution in [0.15, 0.2) is 0 Å². The van der Waals surface area contributed by atoms with Gasteiger partial charge in [0, 0.05) is 0 Å². The van der Waals surface area contributed by atoms with Gasteiger partial charge in [0.15, 0.2) is 0 Å². The maximum Gasteiger partial charge on any atom is -0.0326 e. The summed E-state index contributed by atoms with van der Waals surface area (Å²) in [5.74, 6) is 0. The van der Waals surface area contributed by atoms with Crippen LogP contribution in [0, 0.1) is 5.41 Å². The minimum atomic E-state index is 0.632. The van der Waals surface area contributed by atoms with Crippen LogP contribution in [0.2, 0.25) is 0 Å². The van der Waals surface area contributed by atoms with Gasteiger partial charge in [0.25, 0.3) is 0 Å². The lowest BCUT2D eigenvalue weighted by Gasteiger charge is -2.30. The molecule has 0 fully saturated rings. The molecule has 194 valence electrons. The summed E-state index contributed by atoms with van der Waals surface area (Å²) in [6.07, 6.45) is 39.5. The Hall–Kier alpha value is 0. The minimum Gasteiger partial charge on any atom is -0.0654 e. The van der Waals surface area contributed by atoms with Gasteiger partial charge in [-0.3, -0.25) is 0 Å². The van der Waals surface area contributed by atoms with Crippen LogP contribution in [0.5, 0.6) is 0 Å².